The average molecular weight is 373 g/mol. The molecule has 0 amide bonds. The van der Waals surface area contributed by atoms with Crippen LogP contribution in [0.5, 0.6) is 0 Å². The van der Waals surface area contributed by atoms with Crippen LogP contribution in [0.25, 0.3) is 27.5 Å². The summed E-state index contributed by atoms with van der Waals surface area (Å²) in [7, 11) is 4.06. The van der Waals surface area contributed by atoms with Gasteiger partial charge in [-0.1, -0.05) is 6.07 Å². The molecule has 1 aliphatic rings. The zero-order chi connectivity index (χ0) is 19.3. The predicted molar refractivity (Wildman–Crippen MR) is 111 cm³/mol. The lowest BCUT2D eigenvalue weighted by molar-refractivity contribution is 0.255. The Balaban J connectivity index is 1.59. The second-order valence-corrected chi connectivity index (χ2v) is 7.82. The van der Waals surface area contributed by atoms with Crippen molar-refractivity contribution in [2.45, 2.75) is 18.8 Å². The van der Waals surface area contributed by atoms with Crippen LogP contribution in [0.3, 0.4) is 0 Å². The molecule has 28 heavy (non-hydrogen) atoms. The van der Waals surface area contributed by atoms with E-state index < -0.39 is 0 Å². The van der Waals surface area contributed by atoms with Gasteiger partial charge in [0, 0.05) is 18.6 Å². The number of likely N-dealkylation sites (tertiary alicyclic amines) is 1. The summed E-state index contributed by atoms with van der Waals surface area (Å²) in [6, 6.07) is 12.0. The fourth-order valence-electron chi connectivity index (χ4n) is 4.21. The Morgan fingerprint density at radius 1 is 1.00 bits per heavy atom. The van der Waals surface area contributed by atoms with Crippen LogP contribution in [0.4, 0.5) is 0 Å². The van der Waals surface area contributed by atoms with E-state index in [9.17, 15) is 4.79 Å². The zero-order valence-electron chi connectivity index (χ0n) is 16.2. The molecule has 1 saturated heterocycles. The van der Waals surface area contributed by atoms with Gasteiger partial charge in [0.1, 0.15) is 6.33 Å². The van der Waals surface area contributed by atoms with Crippen molar-refractivity contribution in [2.24, 2.45) is 7.05 Å². The van der Waals surface area contributed by atoms with Crippen molar-refractivity contribution in [1.29, 1.82) is 0 Å². The molecule has 4 aromatic rings. The second kappa shape index (κ2) is 6.56. The molecule has 0 atom stereocenters. The van der Waals surface area contributed by atoms with Gasteiger partial charge >= 0.3 is 0 Å². The molecule has 6 heteroatoms. The lowest BCUT2D eigenvalue weighted by Gasteiger charge is -2.29. The third-order valence-corrected chi connectivity index (χ3v) is 5.85. The predicted octanol–water partition coefficient (Wildman–Crippen LogP) is 3.08. The summed E-state index contributed by atoms with van der Waals surface area (Å²) >= 11 is 0. The first-order chi connectivity index (χ1) is 13.6. The van der Waals surface area contributed by atoms with Crippen molar-refractivity contribution >= 4 is 21.8 Å². The minimum Gasteiger partial charge on any atom is -0.306 e. The van der Waals surface area contributed by atoms with Crippen LogP contribution in [0.15, 0.2) is 53.7 Å². The summed E-state index contributed by atoms with van der Waals surface area (Å²) < 4.78 is 3.41. The molecule has 1 aliphatic heterocycles. The molecular weight excluding hydrogens is 350 g/mol. The molecule has 0 saturated carbocycles. The number of nitrogens with zero attached hydrogens (tertiary/aromatic N) is 5. The standard InChI is InChI=1S/C22H23N5O/c1-25-9-7-15(8-10-25)16-3-5-21-19(12-16)22(28)27(14-23-21)18-4-6-20-17(11-18)13-26(2)24-20/h3-6,11-15H,7-10H2,1-2H3. The highest BCUT2D eigenvalue weighted by Gasteiger charge is 2.19. The topological polar surface area (TPSA) is 56.0 Å². The summed E-state index contributed by atoms with van der Waals surface area (Å²) in [5.41, 5.74) is 3.70. The fourth-order valence-corrected chi connectivity index (χ4v) is 4.21. The molecule has 0 N–H and O–H groups in total. The number of hydrogen-bond acceptors (Lipinski definition) is 4. The monoisotopic (exact) mass is 373 g/mol. The number of piperidine rings is 1. The van der Waals surface area contributed by atoms with Gasteiger partial charge in [0.05, 0.1) is 22.1 Å². The average Bonchev–Trinajstić information content (AvgIpc) is 3.08. The molecule has 6 nitrogen and oxygen atoms in total. The molecule has 142 valence electrons. The molecule has 1 fully saturated rings. The number of hydrogen-bond donors (Lipinski definition) is 0. The van der Waals surface area contributed by atoms with Gasteiger partial charge in [-0.3, -0.25) is 14.0 Å². The van der Waals surface area contributed by atoms with Crippen molar-refractivity contribution < 1.29 is 0 Å². The van der Waals surface area contributed by atoms with E-state index in [2.05, 4.69) is 34.2 Å². The van der Waals surface area contributed by atoms with Gasteiger partial charge in [-0.2, -0.15) is 5.10 Å². The molecule has 5 rings (SSSR count). The number of benzene rings is 2. The van der Waals surface area contributed by atoms with E-state index in [1.165, 1.54) is 5.56 Å². The summed E-state index contributed by atoms with van der Waals surface area (Å²) in [6.45, 7) is 2.20. The summed E-state index contributed by atoms with van der Waals surface area (Å²) in [6.07, 6.45) is 5.84. The quantitative estimate of drug-likeness (QED) is 0.542. The minimum atomic E-state index is -0.0250. The van der Waals surface area contributed by atoms with E-state index in [1.54, 1.807) is 15.6 Å². The first-order valence-corrected chi connectivity index (χ1v) is 9.72. The Hall–Kier alpha value is -2.99. The molecule has 0 bridgehead atoms. The first kappa shape index (κ1) is 17.1. The minimum absolute atomic E-state index is 0.0250. The highest BCUT2D eigenvalue weighted by atomic mass is 16.1. The van der Waals surface area contributed by atoms with E-state index in [0.29, 0.717) is 11.3 Å². The lowest BCUT2D eigenvalue weighted by atomic mass is 9.89. The van der Waals surface area contributed by atoms with E-state index in [1.807, 2.05) is 37.5 Å². The third-order valence-electron chi connectivity index (χ3n) is 5.85. The molecule has 2 aromatic heterocycles. The van der Waals surface area contributed by atoms with Gasteiger partial charge in [-0.05, 0) is 74.8 Å². The second-order valence-electron chi connectivity index (χ2n) is 7.82. The maximum Gasteiger partial charge on any atom is 0.265 e. The van der Waals surface area contributed by atoms with Crippen LogP contribution in [-0.2, 0) is 7.05 Å². The Morgan fingerprint density at radius 2 is 1.79 bits per heavy atom. The number of fused-ring (bicyclic) bond motifs is 2. The van der Waals surface area contributed by atoms with Crippen molar-refractivity contribution in [2.75, 3.05) is 20.1 Å². The highest BCUT2D eigenvalue weighted by Crippen LogP contribution is 2.28. The molecular formula is C22H23N5O. The van der Waals surface area contributed by atoms with Crippen LogP contribution in [0.1, 0.15) is 24.3 Å². The smallest absolute Gasteiger partial charge is 0.265 e. The molecule has 0 aliphatic carbocycles. The third kappa shape index (κ3) is 2.90. The number of aryl methyl sites for hydroxylation is 1. The maximum atomic E-state index is 13.3. The van der Waals surface area contributed by atoms with E-state index in [4.69, 9.17) is 0 Å². The van der Waals surface area contributed by atoms with Gasteiger partial charge in [0.15, 0.2) is 0 Å². The van der Waals surface area contributed by atoms with Crippen LogP contribution in [0.2, 0.25) is 0 Å². The zero-order valence-corrected chi connectivity index (χ0v) is 16.2. The molecule has 3 heterocycles. The van der Waals surface area contributed by atoms with Crippen LogP contribution in [-0.4, -0.2) is 44.4 Å². The van der Waals surface area contributed by atoms with Gasteiger partial charge in [-0.15, -0.1) is 0 Å². The maximum absolute atomic E-state index is 13.3. The van der Waals surface area contributed by atoms with Gasteiger partial charge < -0.3 is 4.90 Å². The molecule has 2 aromatic carbocycles. The van der Waals surface area contributed by atoms with Crippen molar-refractivity contribution in [1.82, 2.24) is 24.2 Å². The number of aromatic nitrogens is 4. The number of rotatable bonds is 2. The first-order valence-electron chi connectivity index (χ1n) is 9.72. The van der Waals surface area contributed by atoms with Gasteiger partial charge in [0.2, 0.25) is 0 Å². The lowest BCUT2D eigenvalue weighted by Crippen LogP contribution is -2.29. The van der Waals surface area contributed by atoms with E-state index >= 15 is 0 Å². The van der Waals surface area contributed by atoms with Gasteiger partial charge in [-0.25, -0.2) is 4.98 Å². The van der Waals surface area contributed by atoms with Crippen molar-refractivity contribution in [3.8, 4) is 5.69 Å². The summed E-state index contributed by atoms with van der Waals surface area (Å²) in [5, 5.41) is 6.09. The van der Waals surface area contributed by atoms with E-state index in [0.717, 1.165) is 48.0 Å². The van der Waals surface area contributed by atoms with Crippen molar-refractivity contribution in [3.05, 3.63) is 64.8 Å². The summed E-state index contributed by atoms with van der Waals surface area (Å²) in [4.78, 5) is 20.1. The Morgan fingerprint density at radius 3 is 2.61 bits per heavy atom. The Kier molecular flexibility index (Phi) is 4.02. The molecule has 0 spiro atoms. The highest BCUT2D eigenvalue weighted by molar-refractivity contribution is 5.81. The van der Waals surface area contributed by atoms with Crippen LogP contribution >= 0.6 is 0 Å². The Labute approximate surface area is 163 Å². The SMILES string of the molecule is CN1CCC(c2ccc3ncn(-c4ccc5nn(C)cc5c4)c(=O)c3c2)CC1. The fraction of sp³-hybridized carbons (Fsp3) is 0.318. The Bertz CT molecular complexity index is 1230. The van der Waals surface area contributed by atoms with E-state index in [-0.39, 0.29) is 5.56 Å². The normalized spacial score (nSPS) is 16.2. The molecule has 0 unspecified atom stereocenters. The van der Waals surface area contributed by atoms with Gasteiger partial charge in [0.25, 0.3) is 5.56 Å². The largest absolute Gasteiger partial charge is 0.306 e. The van der Waals surface area contributed by atoms with Crippen LogP contribution in [0, 0.1) is 0 Å². The van der Waals surface area contributed by atoms with Crippen molar-refractivity contribution in [3.63, 3.8) is 0 Å². The summed E-state index contributed by atoms with van der Waals surface area (Å²) in [5.74, 6) is 0.514. The molecule has 0 radical (unpaired) electrons. The van der Waals surface area contributed by atoms with Crippen LogP contribution < -0.4 is 5.56 Å².